The number of nitrogens with zero attached hydrogens (tertiary/aromatic N) is 1. The van der Waals surface area contributed by atoms with Gasteiger partial charge in [-0.05, 0) is 107 Å². The molecule has 1 aliphatic heterocycles. The first-order valence-electron chi connectivity index (χ1n) is 21.1. The van der Waals surface area contributed by atoms with E-state index in [-0.39, 0.29) is 41.8 Å². The maximum absolute atomic E-state index is 15.5. The van der Waals surface area contributed by atoms with Gasteiger partial charge in [-0.2, -0.15) is 0 Å². The minimum absolute atomic E-state index is 0.0116. The lowest BCUT2D eigenvalue weighted by Crippen LogP contribution is -2.67. The Hall–Kier alpha value is -4.19. The first kappa shape index (κ1) is 43.9. The van der Waals surface area contributed by atoms with Crippen molar-refractivity contribution in [1.82, 2.24) is 0 Å². The topological polar surface area (TPSA) is 119 Å². The molecule has 0 aromatic heterocycles. The number of aliphatic hydroxyl groups excluding tert-OH is 1. The quantitative estimate of drug-likeness (QED) is 0.0932. The van der Waals surface area contributed by atoms with E-state index < -0.39 is 40.8 Å². The third-order valence-corrected chi connectivity index (χ3v) is 21.1. The highest BCUT2D eigenvalue weighted by molar-refractivity contribution is 7.92. The number of aliphatic hydroxyl groups is 1. The van der Waals surface area contributed by atoms with Crippen LogP contribution in [-0.2, 0) is 26.1 Å². The number of primary amides is 1. The number of aryl methyl sites for hydroxylation is 1. The minimum atomic E-state index is -3.87. The van der Waals surface area contributed by atoms with Crippen LogP contribution in [0.1, 0.15) is 67.9 Å². The second-order valence-corrected chi connectivity index (χ2v) is 25.1. The predicted molar refractivity (Wildman–Crippen MR) is 246 cm³/mol. The number of ether oxygens (including phenoxy) is 1. The highest BCUT2D eigenvalue weighted by atomic mass is 35.5. The lowest BCUT2D eigenvalue weighted by Gasteiger charge is -2.48. The molecule has 4 aromatic carbocycles. The molecule has 11 heteroatoms. The number of carbonyl (C=O) groups excluding carboxylic acids is 1. The van der Waals surface area contributed by atoms with Gasteiger partial charge >= 0.3 is 0 Å². The van der Waals surface area contributed by atoms with Crippen LogP contribution >= 0.6 is 11.6 Å². The Morgan fingerprint density at radius 2 is 1.70 bits per heavy atom. The molecule has 1 spiro atoms. The number of anilines is 1. The predicted octanol–water partition coefficient (Wildman–Crippen LogP) is 7.65. The average molecular weight is 868 g/mol. The molecule has 1 amide bonds. The number of carbonyl (C=O) groups is 1. The highest BCUT2D eigenvalue weighted by Gasteiger charge is 2.55. The highest BCUT2D eigenvalue weighted by Crippen LogP contribution is 2.49. The Kier molecular flexibility index (Phi) is 12.9. The Bertz CT molecular complexity index is 2260. The first-order chi connectivity index (χ1) is 28.6. The molecule has 3 N–H and O–H groups in total. The van der Waals surface area contributed by atoms with Crippen LogP contribution in [0, 0.1) is 17.8 Å². The molecule has 2 unspecified atom stereocenters. The summed E-state index contributed by atoms with van der Waals surface area (Å²) >= 11 is 6.61. The monoisotopic (exact) mass is 866 g/mol. The molecule has 0 bridgehead atoms. The lowest BCUT2D eigenvalue weighted by atomic mass is 9.68. The molecule has 0 radical (unpaired) electrons. The van der Waals surface area contributed by atoms with Gasteiger partial charge in [0.2, 0.25) is 5.91 Å². The van der Waals surface area contributed by atoms with E-state index in [2.05, 4.69) is 63.1 Å². The Labute approximate surface area is 362 Å². The number of allylic oxidation sites excluding steroid dienone is 1. The van der Waals surface area contributed by atoms with E-state index in [1.54, 1.807) is 30.4 Å². The van der Waals surface area contributed by atoms with Gasteiger partial charge in [0.05, 0.1) is 28.2 Å². The van der Waals surface area contributed by atoms with Gasteiger partial charge in [-0.25, -0.2) is 8.42 Å². The number of benzene rings is 4. The van der Waals surface area contributed by atoms with Crippen molar-refractivity contribution in [2.24, 2.45) is 23.5 Å². The first-order valence-corrected chi connectivity index (χ1v) is 25.1. The van der Waals surface area contributed by atoms with Crippen molar-refractivity contribution < 1.29 is 27.5 Å². The summed E-state index contributed by atoms with van der Waals surface area (Å²) in [4.78, 5) is 14.7. The number of hydrogen-bond acceptors (Lipinski definition) is 7. The zero-order valence-corrected chi connectivity index (χ0v) is 37.6. The molecule has 318 valence electrons. The number of rotatable bonds is 15. The van der Waals surface area contributed by atoms with Crippen LogP contribution in [0.15, 0.2) is 122 Å². The Morgan fingerprint density at radius 3 is 2.28 bits per heavy atom. The fourth-order valence-electron chi connectivity index (χ4n) is 10.4. The van der Waals surface area contributed by atoms with Crippen LogP contribution in [0.3, 0.4) is 0 Å². The maximum Gasteiger partial charge on any atom is 0.261 e. The van der Waals surface area contributed by atoms with Gasteiger partial charge in [0, 0.05) is 30.3 Å². The zero-order chi connectivity index (χ0) is 42.9. The van der Waals surface area contributed by atoms with Gasteiger partial charge in [-0.1, -0.05) is 111 Å². The summed E-state index contributed by atoms with van der Waals surface area (Å²) in [5.74, 6) is -0.354. The van der Waals surface area contributed by atoms with Crippen molar-refractivity contribution in [3.8, 4) is 5.75 Å². The van der Waals surface area contributed by atoms with E-state index in [0.29, 0.717) is 54.4 Å². The molecule has 1 fully saturated rings. The molecule has 4 aromatic rings. The molecule has 60 heavy (non-hydrogen) atoms. The van der Waals surface area contributed by atoms with Crippen molar-refractivity contribution >= 4 is 51.7 Å². The largest absolute Gasteiger partial charge is 0.490 e. The van der Waals surface area contributed by atoms with Crippen LogP contribution < -0.4 is 25.7 Å². The average Bonchev–Trinajstić information content (AvgIpc) is 3.36. The van der Waals surface area contributed by atoms with Gasteiger partial charge in [-0.15, -0.1) is 13.2 Å². The van der Waals surface area contributed by atoms with Gasteiger partial charge in [0.15, 0.2) is 9.84 Å². The van der Waals surface area contributed by atoms with E-state index in [9.17, 15) is 9.90 Å². The fraction of sp³-hybridized carbons (Fsp3) is 0.408. The molecule has 0 saturated heterocycles. The Morgan fingerprint density at radius 1 is 1.02 bits per heavy atom. The summed E-state index contributed by atoms with van der Waals surface area (Å²) < 4.78 is 45.1. The lowest BCUT2D eigenvalue weighted by molar-refractivity contribution is 0.0460. The van der Waals surface area contributed by atoms with Crippen molar-refractivity contribution in [2.75, 3.05) is 37.0 Å². The van der Waals surface area contributed by atoms with E-state index in [4.69, 9.17) is 26.5 Å². The van der Waals surface area contributed by atoms with Crippen LogP contribution in [0.5, 0.6) is 5.75 Å². The second kappa shape index (κ2) is 17.7. The number of amides is 1. The third kappa shape index (κ3) is 8.38. The van der Waals surface area contributed by atoms with Gasteiger partial charge in [0.25, 0.3) is 8.32 Å². The molecule has 6 atom stereocenters. The number of sulfone groups is 1. The van der Waals surface area contributed by atoms with Gasteiger partial charge < -0.3 is 24.9 Å². The minimum Gasteiger partial charge on any atom is -0.490 e. The molecule has 7 rings (SSSR count). The molecule has 2 aliphatic carbocycles. The van der Waals surface area contributed by atoms with E-state index in [1.807, 2.05) is 54.6 Å². The molecule has 1 heterocycles. The number of halogens is 1. The van der Waals surface area contributed by atoms with Crippen LogP contribution in [0.2, 0.25) is 10.1 Å². The summed E-state index contributed by atoms with van der Waals surface area (Å²) in [6, 6.07) is 31.7. The molecule has 8 nitrogen and oxygen atoms in total. The maximum atomic E-state index is 15.5. The van der Waals surface area contributed by atoms with Crippen LogP contribution in [0.4, 0.5) is 5.69 Å². The summed E-state index contributed by atoms with van der Waals surface area (Å²) in [5.41, 5.74) is 7.71. The van der Waals surface area contributed by atoms with Crippen molar-refractivity contribution in [3.63, 3.8) is 0 Å². The molecule has 3 aliphatic rings. The normalized spacial score (nSPS) is 22.6. The van der Waals surface area contributed by atoms with Crippen molar-refractivity contribution in [1.29, 1.82) is 0 Å². The van der Waals surface area contributed by atoms with Crippen molar-refractivity contribution in [3.05, 3.63) is 144 Å². The van der Waals surface area contributed by atoms with E-state index in [0.717, 1.165) is 34.3 Å². The molecule has 1 saturated carbocycles. The summed E-state index contributed by atoms with van der Waals surface area (Å²) in [6.45, 7) is 15.7. The number of nitrogens with two attached hydrogens (primary N) is 1. The SMILES string of the molecule is C=CC[C@H](CO[Si](c1ccccc1)(c1ccccc1)C(C)(C)C)CS(=O)(=O)C1CCc2cc(Cl)ccc2C12COc1ccc(C(N)=O)cc1N(C[C@@H]1CC[C@H]1[C@@H](O)C=C)C2. The van der Waals surface area contributed by atoms with Gasteiger partial charge in [0.1, 0.15) is 12.4 Å². The molecular formula is C49H59ClN2O6SSi. The van der Waals surface area contributed by atoms with Gasteiger partial charge in [-0.3, -0.25) is 4.79 Å². The standard InChI is InChI=1S/C49H59ClN2O6SSi/c1-6-14-34(30-58-60(48(3,4)5,39-15-10-8-11-16-39)40-17-12-9-13-18-40)31-59(55,56)46-26-21-35-27-38(50)22-24-42(35)49(46)32-52(29-37-19-23-41(37)44(53)7-2)43-28-36(47(51)54)20-25-45(43)57-33-49/h6-13,15-18,20,22,24-25,27-28,34,37,41,44,46,53H,1-2,14,19,21,23,26,29-33H2,3-5H3,(H2,51,54)/t34-,37+,41-,44+,46?,49?/m1/s1. The van der Waals surface area contributed by atoms with Crippen LogP contribution in [-0.4, -0.2) is 71.2 Å². The van der Waals surface area contributed by atoms with E-state index >= 15 is 8.42 Å². The third-order valence-electron chi connectivity index (χ3n) is 13.4. The second-order valence-electron chi connectivity index (χ2n) is 18.1. The Balaban J connectivity index is 1.28. The fourth-order valence-corrected chi connectivity index (χ4v) is 17.7. The number of fused-ring (bicyclic) bond motifs is 3. The molecular weight excluding hydrogens is 808 g/mol. The van der Waals surface area contributed by atoms with Crippen molar-refractivity contribution in [2.45, 2.75) is 74.7 Å². The summed E-state index contributed by atoms with van der Waals surface area (Å²) in [5, 5.41) is 12.6. The zero-order valence-electron chi connectivity index (χ0n) is 35.1. The summed E-state index contributed by atoms with van der Waals surface area (Å²) in [6.07, 6.45) is 5.88. The summed E-state index contributed by atoms with van der Waals surface area (Å²) in [7, 11) is -6.84. The van der Waals surface area contributed by atoms with Crippen LogP contribution in [0.25, 0.3) is 0 Å². The van der Waals surface area contributed by atoms with E-state index in [1.165, 1.54) is 0 Å². The smallest absolute Gasteiger partial charge is 0.261 e. The number of hydrogen-bond donors (Lipinski definition) is 2.